The normalized spacial score (nSPS) is 13.1. The lowest BCUT2D eigenvalue weighted by atomic mass is 9.75. The number of aliphatic hydroxyl groups is 2. The topological polar surface area (TPSA) is 115 Å². The van der Waals surface area contributed by atoms with Gasteiger partial charge in [-0.1, -0.05) is 24.3 Å². The van der Waals surface area contributed by atoms with E-state index in [-0.39, 0.29) is 19.6 Å². The Labute approximate surface area is 231 Å². The van der Waals surface area contributed by atoms with E-state index < -0.39 is 23.0 Å². The van der Waals surface area contributed by atoms with Gasteiger partial charge >= 0.3 is 11.9 Å². The Bertz CT molecular complexity index is 1110. The molecule has 0 aromatic heterocycles. The van der Waals surface area contributed by atoms with Gasteiger partial charge in [0, 0.05) is 6.54 Å². The number of rotatable bonds is 14. The van der Waals surface area contributed by atoms with Crippen molar-refractivity contribution in [3.05, 3.63) is 58.7 Å². The highest BCUT2D eigenvalue weighted by Gasteiger charge is 2.51. The van der Waals surface area contributed by atoms with Gasteiger partial charge in [0.1, 0.15) is 5.60 Å². The third-order valence-electron chi connectivity index (χ3n) is 6.64. The Morgan fingerprint density at radius 2 is 1.51 bits per heavy atom. The molecule has 1 atom stereocenters. The molecule has 9 heteroatoms. The number of aliphatic hydroxyl groups excluding tert-OH is 2. The standard InChI is InChI=1S/C30H43NO8/c1-29(2,3)39-28(35)30(27(34)38-7,24-11-10-22(19-32)23(18-24)20-33)14-8-15-31(4)16-13-21-9-12-25(36-5)26(17-21)37-6/h9-12,17-18,32-33H,8,13-16,19-20H2,1-7H3. The molecule has 0 saturated carbocycles. The Morgan fingerprint density at radius 1 is 0.846 bits per heavy atom. The lowest BCUT2D eigenvalue weighted by molar-refractivity contribution is -0.172. The summed E-state index contributed by atoms with van der Waals surface area (Å²) < 4.78 is 21.6. The molecular formula is C30H43NO8. The number of carbonyl (C=O) groups is 2. The highest BCUT2D eigenvalue weighted by Crippen LogP contribution is 2.36. The minimum Gasteiger partial charge on any atom is -0.493 e. The van der Waals surface area contributed by atoms with E-state index in [1.807, 2.05) is 25.2 Å². The minimum absolute atomic E-state index is 0.138. The summed E-state index contributed by atoms with van der Waals surface area (Å²) in [7, 11) is 6.43. The summed E-state index contributed by atoms with van der Waals surface area (Å²) in [5.74, 6) is -0.0968. The zero-order valence-electron chi connectivity index (χ0n) is 24.2. The maximum atomic E-state index is 13.7. The van der Waals surface area contributed by atoms with Crippen LogP contribution in [0.4, 0.5) is 0 Å². The first kappa shape index (κ1) is 32.1. The molecule has 0 aliphatic heterocycles. The van der Waals surface area contributed by atoms with Gasteiger partial charge < -0.3 is 34.1 Å². The van der Waals surface area contributed by atoms with Crippen LogP contribution in [0.3, 0.4) is 0 Å². The fraction of sp³-hybridized carbons (Fsp3) is 0.533. The number of carbonyl (C=O) groups excluding carboxylic acids is 2. The van der Waals surface area contributed by atoms with Crippen LogP contribution in [0.2, 0.25) is 0 Å². The molecule has 2 N–H and O–H groups in total. The largest absolute Gasteiger partial charge is 0.493 e. The van der Waals surface area contributed by atoms with Crippen LogP contribution in [-0.2, 0) is 44.1 Å². The fourth-order valence-corrected chi connectivity index (χ4v) is 4.48. The summed E-state index contributed by atoms with van der Waals surface area (Å²) in [6.07, 6.45) is 1.40. The first-order valence-electron chi connectivity index (χ1n) is 13.0. The molecule has 0 aliphatic rings. The Kier molecular flexibility index (Phi) is 11.8. The second-order valence-electron chi connectivity index (χ2n) is 10.5. The van der Waals surface area contributed by atoms with Gasteiger partial charge in [0.05, 0.1) is 34.5 Å². The van der Waals surface area contributed by atoms with E-state index in [4.69, 9.17) is 18.9 Å². The average molecular weight is 546 g/mol. The maximum Gasteiger partial charge on any atom is 0.328 e. The number of hydrogen-bond donors (Lipinski definition) is 2. The quantitative estimate of drug-likeness (QED) is 0.272. The number of esters is 2. The van der Waals surface area contributed by atoms with Gasteiger partial charge in [-0.05, 0) is 88.0 Å². The lowest BCUT2D eigenvalue weighted by Crippen LogP contribution is -2.48. The van der Waals surface area contributed by atoms with Gasteiger partial charge in [0.15, 0.2) is 16.9 Å². The van der Waals surface area contributed by atoms with Crippen LogP contribution < -0.4 is 9.47 Å². The maximum absolute atomic E-state index is 13.7. The molecule has 0 amide bonds. The molecule has 0 heterocycles. The molecule has 9 nitrogen and oxygen atoms in total. The lowest BCUT2D eigenvalue weighted by Gasteiger charge is -2.33. The third-order valence-corrected chi connectivity index (χ3v) is 6.64. The van der Waals surface area contributed by atoms with E-state index in [2.05, 4.69) is 4.90 Å². The highest BCUT2D eigenvalue weighted by molar-refractivity contribution is 6.06. The van der Waals surface area contributed by atoms with E-state index in [0.717, 1.165) is 18.5 Å². The molecule has 2 aromatic carbocycles. The van der Waals surface area contributed by atoms with Crippen molar-refractivity contribution in [2.45, 2.75) is 64.3 Å². The first-order chi connectivity index (χ1) is 18.4. The summed E-state index contributed by atoms with van der Waals surface area (Å²) in [6.45, 7) is 5.94. The SMILES string of the molecule is COC(=O)C(CCCN(C)CCc1ccc(OC)c(OC)c1)(C(=O)OC(C)(C)C)c1ccc(CO)c(CO)c1. The van der Waals surface area contributed by atoms with Gasteiger partial charge in [-0.15, -0.1) is 0 Å². The van der Waals surface area contributed by atoms with Gasteiger partial charge in [-0.25, -0.2) is 0 Å². The van der Waals surface area contributed by atoms with E-state index in [1.165, 1.54) is 7.11 Å². The molecule has 1 unspecified atom stereocenters. The van der Waals surface area contributed by atoms with Crippen molar-refractivity contribution >= 4 is 11.9 Å². The van der Waals surface area contributed by atoms with Crippen molar-refractivity contribution in [3.8, 4) is 11.5 Å². The average Bonchev–Trinajstić information content (AvgIpc) is 2.92. The van der Waals surface area contributed by atoms with Crippen LogP contribution in [0.5, 0.6) is 11.5 Å². The molecule has 0 bridgehead atoms. The van der Waals surface area contributed by atoms with Gasteiger partial charge in [0.25, 0.3) is 0 Å². The second-order valence-corrected chi connectivity index (χ2v) is 10.5. The smallest absolute Gasteiger partial charge is 0.328 e. The molecule has 0 fully saturated rings. The predicted molar refractivity (Wildman–Crippen MR) is 148 cm³/mol. The van der Waals surface area contributed by atoms with Crippen LogP contribution in [0.15, 0.2) is 36.4 Å². The predicted octanol–water partition coefficient (Wildman–Crippen LogP) is 3.40. The molecule has 216 valence electrons. The summed E-state index contributed by atoms with van der Waals surface area (Å²) in [6, 6.07) is 10.6. The highest BCUT2D eigenvalue weighted by atomic mass is 16.6. The van der Waals surface area contributed by atoms with E-state index in [9.17, 15) is 19.8 Å². The minimum atomic E-state index is -1.73. The summed E-state index contributed by atoms with van der Waals surface area (Å²) >= 11 is 0. The van der Waals surface area contributed by atoms with E-state index >= 15 is 0 Å². The molecule has 2 rings (SSSR count). The number of nitrogens with zero attached hydrogens (tertiary/aromatic N) is 1. The molecule has 2 aromatic rings. The zero-order chi connectivity index (χ0) is 29.2. The molecule has 0 spiro atoms. The van der Waals surface area contributed by atoms with Crippen molar-refractivity contribution in [2.75, 3.05) is 41.5 Å². The van der Waals surface area contributed by atoms with Crippen molar-refractivity contribution in [1.29, 1.82) is 0 Å². The monoisotopic (exact) mass is 545 g/mol. The molecule has 0 aliphatic carbocycles. The molecule has 39 heavy (non-hydrogen) atoms. The molecular weight excluding hydrogens is 502 g/mol. The van der Waals surface area contributed by atoms with Crippen LogP contribution in [-0.4, -0.2) is 74.1 Å². The van der Waals surface area contributed by atoms with Crippen LogP contribution in [0.1, 0.15) is 55.9 Å². The number of likely N-dealkylation sites (N-methyl/N-ethyl adjacent to an activating group) is 1. The van der Waals surface area contributed by atoms with Crippen molar-refractivity contribution < 1.29 is 38.7 Å². The Hall–Kier alpha value is -3.14. The molecule has 0 saturated heterocycles. The van der Waals surface area contributed by atoms with Crippen LogP contribution >= 0.6 is 0 Å². The van der Waals surface area contributed by atoms with Gasteiger partial charge in [-0.3, -0.25) is 9.59 Å². The summed E-state index contributed by atoms with van der Waals surface area (Å²) in [5.41, 5.74) is -0.171. The van der Waals surface area contributed by atoms with Gasteiger partial charge in [0.2, 0.25) is 0 Å². The third kappa shape index (κ3) is 8.17. The van der Waals surface area contributed by atoms with Crippen LogP contribution in [0.25, 0.3) is 0 Å². The summed E-state index contributed by atoms with van der Waals surface area (Å²) in [4.78, 5) is 29.1. The summed E-state index contributed by atoms with van der Waals surface area (Å²) in [5, 5.41) is 19.5. The number of benzene rings is 2. The first-order valence-corrected chi connectivity index (χ1v) is 13.0. The zero-order valence-corrected chi connectivity index (χ0v) is 24.2. The second kappa shape index (κ2) is 14.3. The number of methoxy groups -OCH3 is 3. The van der Waals surface area contributed by atoms with E-state index in [1.54, 1.807) is 53.2 Å². The van der Waals surface area contributed by atoms with Crippen molar-refractivity contribution in [3.63, 3.8) is 0 Å². The van der Waals surface area contributed by atoms with Crippen molar-refractivity contribution in [2.24, 2.45) is 0 Å². The van der Waals surface area contributed by atoms with Crippen LogP contribution in [0, 0.1) is 0 Å². The number of ether oxygens (including phenoxy) is 4. The van der Waals surface area contributed by atoms with E-state index in [0.29, 0.717) is 41.2 Å². The fourth-order valence-electron chi connectivity index (χ4n) is 4.48. The Morgan fingerprint density at radius 3 is 2.08 bits per heavy atom. The number of hydrogen-bond acceptors (Lipinski definition) is 9. The Balaban J connectivity index is 2.28. The van der Waals surface area contributed by atoms with Gasteiger partial charge in [-0.2, -0.15) is 0 Å². The van der Waals surface area contributed by atoms with Crippen molar-refractivity contribution in [1.82, 2.24) is 4.90 Å². The molecule has 0 radical (unpaired) electrons.